The van der Waals surface area contributed by atoms with Crippen LogP contribution in [0, 0.1) is 6.92 Å². The van der Waals surface area contributed by atoms with E-state index in [2.05, 4.69) is 16.5 Å². The largest absolute Gasteiger partial charge is 0.485 e. The quantitative estimate of drug-likeness (QED) is 0.886. The third-order valence-electron chi connectivity index (χ3n) is 6.35. The number of aryl methyl sites for hydroxylation is 1. The maximum Gasteiger partial charge on any atom is 0.247 e. The number of hydrogen-bond acceptors (Lipinski definition) is 4. The zero-order chi connectivity index (χ0) is 19.7. The highest BCUT2D eigenvalue weighted by Gasteiger charge is 2.42. The third kappa shape index (κ3) is 3.53. The van der Waals surface area contributed by atoms with E-state index >= 15 is 0 Å². The van der Waals surface area contributed by atoms with Crippen molar-refractivity contribution in [2.75, 3.05) is 13.6 Å². The van der Waals surface area contributed by atoms with Gasteiger partial charge < -0.3 is 15.0 Å². The second-order valence-corrected chi connectivity index (χ2v) is 8.24. The van der Waals surface area contributed by atoms with Gasteiger partial charge in [-0.2, -0.15) is 5.10 Å². The number of nitrogens with one attached hydrogen (secondary N) is 1. The van der Waals surface area contributed by atoms with E-state index in [1.165, 1.54) is 0 Å². The normalized spacial score (nSPS) is 25.7. The van der Waals surface area contributed by atoms with Gasteiger partial charge in [-0.25, -0.2) is 0 Å². The van der Waals surface area contributed by atoms with E-state index in [0.29, 0.717) is 19.1 Å². The lowest BCUT2D eigenvalue weighted by atomic mass is 9.81. The second kappa shape index (κ2) is 7.59. The molecule has 1 N–H and O–H groups in total. The molecule has 6 heteroatoms. The van der Waals surface area contributed by atoms with Crippen LogP contribution in [0.1, 0.15) is 49.9 Å². The maximum absolute atomic E-state index is 13.5. The minimum absolute atomic E-state index is 0.0993. The molecule has 1 amide bonds. The van der Waals surface area contributed by atoms with Gasteiger partial charge in [0.2, 0.25) is 5.91 Å². The number of ether oxygens (including phenoxy) is 1. The molecule has 0 saturated heterocycles. The van der Waals surface area contributed by atoms with Crippen LogP contribution < -0.4 is 10.1 Å². The molecule has 0 radical (unpaired) electrons. The number of benzene rings is 1. The van der Waals surface area contributed by atoms with Crippen LogP contribution in [0.2, 0.25) is 0 Å². The van der Waals surface area contributed by atoms with Gasteiger partial charge in [-0.15, -0.1) is 0 Å². The first kappa shape index (κ1) is 19.0. The van der Waals surface area contributed by atoms with E-state index in [0.717, 1.165) is 42.7 Å². The van der Waals surface area contributed by atoms with Crippen LogP contribution in [0.15, 0.2) is 36.5 Å². The van der Waals surface area contributed by atoms with Crippen LogP contribution in [-0.2, 0) is 11.3 Å². The monoisotopic (exact) mass is 382 g/mol. The summed E-state index contributed by atoms with van der Waals surface area (Å²) < 4.78 is 8.42. The molecule has 1 spiro atoms. The lowest BCUT2D eigenvalue weighted by molar-refractivity contribution is -0.138. The van der Waals surface area contributed by atoms with Crippen molar-refractivity contribution in [3.05, 3.63) is 47.8 Å². The van der Waals surface area contributed by atoms with Gasteiger partial charge in [0.25, 0.3) is 0 Å². The van der Waals surface area contributed by atoms with E-state index in [1.807, 2.05) is 54.7 Å². The van der Waals surface area contributed by atoms with Gasteiger partial charge in [0, 0.05) is 30.0 Å². The molecule has 1 aliphatic carbocycles. The van der Waals surface area contributed by atoms with Crippen molar-refractivity contribution < 1.29 is 9.53 Å². The summed E-state index contributed by atoms with van der Waals surface area (Å²) in [4.78, 5) is 15.4. The summed E-state index contributed by atoms with van der Waals surface area (Å²) in [6.45, 7) is 5.13. The van der Waals surface area contributed by atoms with Crippen molar-refractivity contribution >= 4 is 5.91 Å². The molecule has 2 heterocycles. The molecule has 2 aliphatic rings. The molecule has 4 rings (SSSR count). The summed E-state index contributed by atoms with van der Waals surface area (Å²) in [5.41, 5.74) is 1.76. The minimum Gasteiger partial charge on any atom is -0.485 e. The molecular weight excluding hydrogens is 352 g/mol. The number of amides is 1. The van der Waals surface area contributed by atoms with Gasteiger partial charge in [-0.1, -0.05) is 18.2 Å². The molecule has 2 aromatic rings. The summed E-state index contributed by atoms with van der Waals surface area (Å²) in [6.07, 6.45) is 5.78. The fourth-order valence-corrected chi connectivity index (χ4v) is 4.61. The van der Waals surface area contributed by atoms with Gasteiger partial charge in [0.05, 0.1) is 6.54 Å². The van der Waals surface area contributed by atoms with Gasteiger partial charge in [-0.05, 0) is 58.7 Å². The molecule has 0 unspecified atom stereocenters. The van der Waals surface area contributed by atoms with Crippen molar-refractivity contribution in [3.8, 4) is 5.75 Å². The minimum atomic E-state index is -0.328. The van der Waals surface area contributed by atoms with E-state index in [9.17, 15) is 4.79 Å². The number of carbonyl (C=O) groups is 1. The Labute approximate surface area is 166 Å². The predicted molar refractivity (Wildman–Crippen MR) is 108 cm³/mol. The highest BCUT2D eigenvalue weighted by atomic mass is 16.5. The maximum atomic E-state index is 13.5. The Morgan fingerprint density at radius 1 is 1.29 bits per heavy atom. The van der Waals surface area contributed by atoms with Crippen LogP contribution in [0.3, 0.4) is 0 Å². The summed E-state index contributed by atoms with van der Waals surface area (Å²) in [5.74, 6) is 1.02. The van der Waals surface area contributed by atoms with Crippen molar-refractivity contribution in [2.45, 2.75) is 63.8 Å². The van der Waals surface area contributed by atoms with E-state index in [-0.39, 0.29) is 17.6 Å². The number of hydrogen-bond donors (Lipinski definition) is 1. The Kier molecular flexibility index (Phi) is 5.15. The summed E-state index contributed by atoms with van der Waals surface area (Å²) in [7, 11) is 2.02. The van der Waals surface area contributed by atoms with Crippen molar-refractivity contribution in [2.24, 2.45) is 0 Å². The summed E-state index contributed by atoms with van der Waals surface area (Å²) in [6, 6.07) is 10.3. The average molecular weight is 383 g/mol. The zero-order valence-electron chi connectivity index (χ0n) is 17.0. The molecule has 1 fully saturated rings. The van der Waals surface area contributed by atoms with Crippen LogP contribution >= 0.6 is 0 Å². The number of fused-ring (bicyclic) bond motifs is 1. The summed E-state index contributed by atoms with van der Waals surface area (Å²) >= 11 is 0. The van der Waals surface area contributed by atoms with E-state index in [4.69, 9.17) is 4.74 Å². The van der Waals surface area contributed by atoms with Gasteiger partial charge in [0.1, 0.15) is 17.4 Å². The lowest BCUT2D eigenvalue weighted by Crippen LogP contribution is -2.52. The Morgan fingerprint density at radius 2 is 2.04 bits per heavy atom. The standard InChI is InChI=1S/C22H30N4O2/c1-16-10-13-24-26(16)17(2)21(27)25-14-18-6-4-5-7-20(18)28-22(15-25)11-8-19(23-3)9-12-22/h4-7,10,13,17,19,23H,8-9,11-12,14-15H2,1-3H3/t17-,19?,22?/m1/s1. The van der Waals surface area contributed by atoms with Crippen LogP contribution in [0.4, 0.5) is 0 Å². The highest BCUT2D eigenvalue weighted by Crippen LogP contribution is 2.38. The Bertz CT molecular complexity index is 839. The van der Waals surface area contributed by atoms with Crippen LogP contribution in [-0.4, -0.2) is 45.8 Å². The lowest BCUT2D eigenvalue weighted by Gasteiger charge is -2.41. The molecule has 1 aromatic carbocycles. The number of para-hydroxylation sites is 1. The highest BCUT2D eigenvalue weighted by molar-refractivity contribution is 5.80. The Morgan fingerprint density at radius 3 is 2.71 bits per heavy atom. The number of carbonyl (C=O) groups excluding carboxylic acids is 1. The van der Waals surface area contributed by atoms with Gasteiger partial charge in [0.15, 0.2) is 0 Å². The molecule has 1 aromatic heterocycles. The topological polar surface area (TPSA) is 59.4 Å². The molecule has 1 atom stereocenters. The SMILES string of the molecule is CNC1CCC2(CC1)CN(C(=O)[C@@H](C)n1nccc1C)Cc1ccccc1O2. The van der Waals surface area contributed by atoms with Crippen LogP contribution in [0.25, 0.3) is 0 Å². The van der Waals surface area contributed by atoms with Crippen molar-refractivity contribution in [1.29, 1.82) is 0 Å². The fourth-order valence-electron chi connectivity index (χ4n) is 4.61. The van der Waals surface area contributed by atoms with Crippen molar-refractivity contribution in [3.63, 3.8) is 0 Å². The Balaban J connectivity index is 1.63. The smallest absolute Gasteiger partial charge is 0.247 e. The first-order valence-electron chi connectivity index (χ1n) is 10.2. The van der Waals surface area contributed by atoms with E-state index in [1.54, 1.807) is 6.20 Å². The molecule has 28 heavy (non-hydrogen) atoms. The molecule has 1 saturated carbocycles. The molecule has 0 bridgehead atoms. The number of rotatable bonds is 3. The fraction of sp³-hybridized carbons (Fsp3) is 0.545. The van der Waals surface area contributed by atoms with Gasteiger partial charge in [-0.3, -0.25) is 9.48 Å². The average Bonchev–Trinajstić information content (AvgIpc) is 3.07. The number of nitrogens with zero attached hydrogens (tertiary/aromatic N) is 3. The third-order valence-corrected chi connectivity index (χ3v) is 6.35. The zero-order valence-corrected chi connectivity index (χ0v) is 17.0. The molecule has 6 nitrogen and oxygen atoms in total. The first-order chi connectivity index (χ1) is 13.5. The molecule has 150 valence electrons. The predicted octanol–water partition coefficient (Wildman–Crippen LogP) is 3.07. The molecule has 1 aliphatic heterocycles. The first-order valence-corrected chi connectivity index (χ1v) is 10.2. The molecular formula is C22H30N4O2. The van der Waals surface area contributed by atoms with Crippen LogP contribution in [0.5, 0.6) is 5.75 Å². The van der Waals surface area contributed by atoms with Gasteiger partial charge >= 0.3 is 0 Å². The second-order valence-electron chi connectivity index (χ2n) is 8.24. The summed E-state index contributed by atoms with van der Waals surface area (Å²) in [5, 5.41) is 7.74. The van der Waals surface area contributed by atoms with Crippen molar-refractivity contribution in [1.82, 2.24) is 20.0 Å². The van der Waals surface area contributed by atoms with E-state index < -0.39 is 0 Å². The number of aromatic nitrogens is 2. The Hall–Kier alpha value is -2.34.